The molecular weight excluding hydrogens is 380 g/mol. The fraction of sp³-hybridized carbons (Fsp3) is 0.391. The van der Waals surface area contributed by atoms with Crippen molar-refractivity contribution in [2.24, 2.45) is 0 Å². The summed E-state index contributed by atoms with van der Waals surface area (Å²) in [6.45, 7) is 7.21. The molecule has 0 bridgehead atoms. The highest BCUT2D eigenvalue weighted by atomic mass is 16.5. The summed E-state index contributed by atoms with van der Waals surface area (Å²) in [5.41, 5.74) is 2.03. The smallest absolute Gasteiger partial charge is 0.247 e. The van der Waals surface area contributed by atoms with Crippen LogP contribution in [0.25, 0.3) is 11.5 Å². The average molecular weight is 409 g/mol. The van der Waals surface area contributed by atoms with Gasteiger partial charge in [-0.25, -0.2) is 0 Å². The average Bonchev–Trinajstić information content (AvgIpc) is 3.24. The Kier molecular flexibility index (Phi) is 6.49. The first kappa shape index (κ1) is 20.2. The Morgan fingerprint density at radius 2 is 1.70 bits per heavy atom. The largest absolute Gasteiger partial charge is 0.508 e. The van der Waals surface area contributed by atoms with Crippen molar-refractivity contribution in [3.63, 3.8) is 0 Å². The van der Waals surface area contributed by atoms with E-state index in [4.69, 9.17) is 9.15 Å². The van der Waals surface area contributed by atoms with E-state index in [0.29, 0.717) is 24.1 Å². The van der Waals surface area contributed by atoms with E-state index in [2.05, 4.69) is 26.9 Å². The number of aromatic nitrogens is 2. The van der Waals surface area contributed by atoms with Crippen LogP contribution in [0.2, 0.25) is 0 Å². The third-order valence-electron chi connectivity index (χ3n) is 5.28. The second-order valence-electron chi connectivity index (χ2n) is 7.51. The van der Waals surface area contributed by atoms with Crippen LogP contribution in [0, 0.1) is 0 Å². The molecule has 7 heteroatoms. The number of phenols is 1. The van der Waals surface area contributed by atoms with Gasteiger partial charge in [0.2, 0.25) is 11.8 Å². The zero-order valence-electron chi connectivity index (χ0n) is 17.3. The first-order valence-electron chi connectivity index (χ1n) is 10.5. The molecule has 0 radical (unpaired) electrons. The van der Waals surface area contributed by atoms with Gasteiger partial charge in [0.1, 0.15) is 11.5 Å². The lowest BCUT2D eigenvalue weighted by Crippen LogP contribution is -2.46. The molecular formula is C23H28N4O3. The Morgan fingerprint density at radius 1 is 0.967 bits per heavy atom. The number of hydrogen-bond acceptors (Lipinski definition) is 7. The molecule has 4 rings (SSSR count). The number of benzene rings is 2. The number of anilines is 1. The molecule has 0 spiro atoms. The second kappa shape index (κ2) is 9.63. The zero-order chi connectivity index (χ0) is 20.8. The molecule has 158 valence electrons. The molecule has 2 aromatic carbocycles. The van der Waals surface area contributed by atoms with Gasteiger partial charge < -0.3 is 19.2 Å². The minimum atomic E-state index is 0.295. The summed E-state index contributed by atoms with van der Waals surface area (Å²) in [5.74, 6) is 2.32. The zero-order valence-corrected chi connectivity index (χ0v) is 17.3. The molecule has 1 N–H and O–H groups in total. The molecule has 0 unspecified atom stereocenters. The topological polar surface area (TPSA) is 74.9 Å². The number of phenolic OH excluding ortho intramolecular Hbond substituents is 1. The Bertz CT molecular complexity index is 916. The molecule has 1 saturated heterocycles. The predicted octanol–water partition coefficient (Wildman–Crippen LogP) is 3.94. The number of nitrogens with zero attached hydrogens (tertiary/aromatic N) is 4. The molecule has 1 aliphatic rings. The number of ether oxygens (including phenoxy) is 1. The number of aromatic hydroxyl groups is 1. The Balaban J connectivity index is 1.29. The normalized spacial score (nSPS) is 14.8. The maximum Gasteiger partial charge on any atom is 0.247 e. The quantitative estimate of drug-likeness (QED) is 0.566. The van der Waals surface area contributed by atoms with Gasteiger partial charge in [-0.1, -0.05) is 13.3 Å². The van der Waals surface area contributed by atoms with E-state index >= 15 is 0 Å². The molecule has 0 atom stereocenters. The van der Waals surface area contributed by atoms with Crippen LogP contribution in [0.4, 0.5) is 5.69 Å². The molecule has 0 amide bonds. The van der Waals surface area contributed by atoms with Crippen LogP contribution < -0.4 is 9.64 Å². The summed E-state index contributed by atoms with van der Waals surface area (Å²) in [4.78, 5) is 4.64. The van der Waals surface area contributed by atoms with Crippen LogP contribution in [0.15, 0.2) is 52.9 Å². The highest BCUT2D eigenvalue weighted by Gasteiger charge is 2.19. The van der Waals surface area contributed by atoms with E-state index < -0.39 is 0 Å². The summed E-state index contributed by atoms with van der Waals surface area (Å²) >= 11 is 0. The van der Waals surface area contributed by atoms with Crippen molar-refractivity contribution in [2.75, 3.05) is 37.7 Å². The first-order valence-corrected chi connectivity index (χ1v) is 10.5. The van der Waals surface area contributed by atoms with Crippen molar-refractivity contribution < 1.29 is 14.3 Å². The molecule has 0 saturated carbocycles. The molecule has 1 aliphatic heterocycles. The summed E-state index contributed by atoms with van der Waals surface area (Å²) in [5, 5.41) is 17.9. The van der Waals surface area contributed by atoms with Gasteiger partial charge in [0.15, 0.2) is 0 Å². The predicted molar refractivity (Wildman–Crippen MR) is 116 cm³/mol. The van der Waals surface area contributed by atoms with Gasteiger partial charge in [0.25, 0.3) is 0 Å². The van der Waals surface area contributed by atoms with Gasteiger partial charge in [-0.15, -0.1) is 10.2 Å². The fourth-order valence-corrected chi connectivity index (χ4v) is 3.48. The van der Waals surface area contributed by atoms with Crippen molar-refractivity contribution in [3.8, 4) is 23.0 Å². The van der Waals surface area contributed by atoms with Gasteiger partial charge in [-0.3, -0.25) is 4.90 Å². The van der Waals surface area contributed by atoms with Crippen molar-refractivity contribution in [3.05, 3.63) is 54.4 Å². The number of piperazine rings is 1. The van der Waals surface area contributed by atoms with Crippen molar-refractivity contribution in [2.45, 2.75) is 26.3 Å². The van der Waals surface area contributed by atoms with Gasteiger partial charge >= 0.3 is 0 Å². The van der Waals surface area contributed by atoms with Crippen molar-refractivity contribution in [1.82, 2.24) is 15.1 Å². The lowest BCUT2D eigenvalue weighted by atomic mass is 10.2. The monoisotopic (exact) mass is 408 g/mol. The fourth-order valence-electron chi connectivity index (χ4n) is 3.48. The van der Waals surface area contributed by atoms with Crippen LogP contribution in [0.1, 0.15) is 25.7 Å². The minimum Gasteiger partial charge on any atom is -0.508 e. The third kappa shape index (κ3) is 5.10. The number of hydrogen-bond donors (Lipinski definition) is 1. The van der Waals surface area contributed by atoms with Crippen LogP contribution in [-0.4, -0.2) is 53.0 Å². The summed E-state index contributed by atoms with van der Waals surface area (Å²) in [6.07, 6.45) is 2.17. The minimum absolute atomic E-state index is 0.295. The van der Waals surface area contributed by atoms with Gasteiger partial charge in [0, 0.05) is 37.4 Å². The highest BCUT2D eigenvalue weighted by Crippen LogP contribution is 2.23. The van der Waals surface area contributed by atoms with Crippen LogP contribution >= 0.6 is 0 Å². The second-order valence-corrected chi connectivity index (χ2v) is 7.51. The van der Waals surface area contributed by atoms with Gasteiger partial charge in [-0.2, -0.15) is 0 Å². The van der Waals surface area contributed by atoms with Crippen molar-refractivity contribution in [1.29, 1.82) is 0 Å². The molecule has 2 heterocycles. The highest BCUT2D eigenvalue weighted by molar-refractivity contribution is 5.54. The molecule has 1 fully saturated rings. The molecule has 30 heavy (non-hydrogen) atoms. The van der Waals surface area contributed by atoms with Gasteiger partial charge in [-0.05, 0) is 55.0 Å². The van der Waals surface area contributed by atoms with E-state index in [9.17, 15) is 5.11 Å². The van der Waals surface area contributed by atoms with Gasteiger partial charge in [0.05, 0.1) is 13.2 Å². The first-order chi connectivity index (χ1) is 14.7. The van der Waals surface area contributed by atoms with E-state index in [1.165, 1.54) is 0 Å². The van der Waals surface area contributed by atoms with Crippen LogP contribution in [0.3, 0.4) is 0 Å². The molecule has 0 aliphatic carbocycles. The number of unbranched alkanes of at least 4 members (excludes halogenated alkanes) is 1. The standard InChI is InChI=1S/C23H28N4O3/c1-2-3-16-29-21-10-4-18(5-11-21)23-25-24-22(30-23)17-26-12-14-27(15-13-26)19-6-8-20(28)9-7-19/h4-11,28H,2-3,12-17H2,1H3. The van der Waals surface area contributed by atoms with Crippen LogP contribution in [-0.2, 0) is 6.54 Å². The van der Waals surface area contributed by atoms with E-state index in [0.717, 1.165) is 62.6 Å². The lowest BCUT2D eigenvalue weighted by Gasteiger charge is -2.35. The summed E-state index contributed by atoms with van der Waals surface area (Å²) in [6, 6.07) is 15.2. The number of rotatable bonds is 8. The Hall–Kier alpha value is -3.06. The van der Waals surface area contributed by atoms with E-state index in [1.807, 2.05) is 36.4 Å². The molecule has 3 aromatic rings. The Morgan fingerprint density at radius 3 is 2.40 bits per heavy atom. The van der Waals surface area contributed by atoms with E-state index in [1.54, 1.807) is 12.1 Å². The maximum absolute atomic E-state index is 9.45. The van der Waals surface area contributed by atoms with E-state index in [-0.39, 0.29) is 0 Å². The summed E-state index contributed by atoms with van der Waals surface area (Å²) in [7, 11) is 0. The lowest BCUT2D eigenvalue weighted by molar-refractivity contribution is 0.227. The Labute approximate surface area is 176 Å². The molecule has 1 aromatic heterocycles. The third-order valence-corrected chi connectivity index (χ3v) is 5.28. The van der Waals surface area contributed by atoms with Crippen molar-refractivity contribution >= 4 is 5.69 Å². The SMILES string of the molecule is CCCCOc1ccc(-c2nnc(CN3CCN(c4ccc(O)cc4)CC3)o2)cc1. The van der Waals surface area contributed by atoms with Crippen LogP contribution in [0.5, 0.6) is 11.5 Å². The summed E-state index contributed by atoms with van der Waals surface area (Å²) < 4.78 is 11.6. The maximum atomic E-state index is 9.45. The molecule has 7 nitrogen and oxygen atoms in total.